The van der Waals surface area contributed by atoms with Gasteiger partial charge in [-0.05, 0) is 23.3 Å². The van der Waals surface area contributed by atoms with Gasteiger partial charge in [-0.15, -0.1) is 5.10 Å². The molecule has 0 bridgehead atoms. The van der Waals surface area contributed by atoms with Crippen molar-refractivity contribution in [2.45, 2.75) is 0 Å². The average molecular weight is 362 g/mol. The largest absolute Gasteiger partial charge is 0.343 e. The first-order valence-electron chi connectivity index (χ1n) is 8.98. The zero-order valence-electron chi connectivity index (χ0n) is 15.2. The lowest BCUT2D eigenvalue weighted by molar-refractivity contribution is 0.884. The predicted molar refractivity (Wildman–Crippen MR) is 113 cm³/mol. The lowest BCUT2D eigenvalue weighted by atomic mass is 10.1. The van der Waals surface area contributed by atoms with E-state index in [-0.39, 0.29) is 0 Å². The molecule has 0 amide bonds. The fraction of sp³-hybridized carbons (Fsp3) is 0. The van der Waals surface area contributed by atoms with Crippen LogP contribution in [0.2, 0.25) is 0 Å². The Bertz CT molecular complexity index is 1120. The van der Waals surface area contributed by atoms with E-state index in [9.17, 15) is 5.26 Å². The minimum atomic E-state index is 0.550. The fourth-order valence-corrected chi connectivity index (χ4v) is 2.96. The second-order valence-electron chi connectivity index (χ2n) is 6.22. The number of benzene rings is 3. The molecule has 0 spiro atoms. The van der Waals surface area contributed by atoms with Gasteiger partial charge in [0.2, 0.25) is 0 Å². The first kappa shape index (κ1) is 17.3. The highest BCUT2D eigenvalue weighted by atomic mass is 15.3. The molecule has 0 aliphatic rings. The first-order chi connectivity index (χ1) is 13.8. The van der Waals surface area contributed by atoms with Crippen LogP contribution in [0, 0.1) is 11.3 Å². The van der Waals surface area contributed by atoms with Gasteiger partial charge in [0.05, 0.1) is 11.3 Å². The van der Waals surface area contributed by atoms with Crippen LogP contribution in [-0.4, -0.2) is 9.78 Å². The lowest BCUT2D eigenvalue weighted by Crippen LogP contribution is -1.97. The topological polar surface area (TPSA) is 53.6 Å². The van der Waals surface area contributed by atoms with E-state index in [2.05, 4.69) is 11.4 Å². The van der Waals surface area contributed by atoms with Gasteiger partial charge in [0, 0.05) is 18.0 Å². The molecule has 1 aromatic heterocycles. The summed E-state index contributed by atoms with van der Waals surface area (Å²) < 4.78 is 1.84. The normalized spacial score (nSPS) is 11.0. The van der Waals surface area contributed by atoms with Gasteiger partial charge in [0.15, 0.2) is 5.82 Å². The molecule has 1 heterocycles. The summed E-state index contributed by atoms with van der Waals surface area (Å²) >= 11 is 0. The molecule has 1 N–H and O–H groups in total. The molecular formula is C24H18N4. The number of rotatable bonds is 5. The molecule has 3 aromatic carbocycles. The van der Waals surface area contributed by atoms with E-state index >= 15 is 0 Å². The van der Waals surface area contributed by atoms with Crippen molar-refractivity contribution in [1.29, 1.82) is 5.26 Å². The van der Waals surface area contributed by atoms with Gasteiger partial charge in [-0.1, -0.05) is 78.9 Å². The van der Waals surface area contributed by atoms with Crippen LogP contribution in [0.25, 0.3) is 22.4 Å². The highest BCUT2D eigenvalue weighted by Crippen LogP contribution is 2.28. The minimum absolute atomic E-state index is 0.550. The number of nitrogens with zero attached hydrogens (tertiary/aromatic N) is 3. The van der Waals surface area contributed by atoms with Crippen molar-refractivity contribution in [3.05, 3.63) is 109 Å². The van der Waals surface area contributed by atoms with E-state index in [1.807, 2.05) is 102 Å². The van der Waals surface area contributed by atoms with Crippen LogP contribution in [0.15, 0.2) is 103 Å². The van der Waals surface area contributed by atoms with Crippen LogP contribution in [0.4, 0.5) is 5.82 Å². The maximum absolute atomic E-state index is 9.54. The SMILES string of the molecule is N#C/C(=C/Nc1nn(-c2ccccc2)cc1-c1ccccc1)c1ccccc1. The molecule has 0 aliphatic carbocycles. The standard InChI is InChI=1S/C24H18N4/c25-16-21(19-10-4-1-5-11-19)17-26-24-23(20-12-6-2-7-13-20)18-28(27-24)22-14-8-3-9-15-22/h1-15,17-18H,(H,26,27)/b21-17-. The summed E-state index contributed by atoms with van der Waals surface area (Å²) in [4.78, 5) is 0. The third kappa shape index (κ3) is 3.69. The van der Waals surface area contributed by atoms with Gasteiger partial charge in [-0.3, -0.25) is 0 Å². The third-order valence-electron chi connectivity index (χ3n) is 4.38. The molecule has 0 saturated heterocycles. The molecule has 0 aliphatic heterocycles. The van der Waals surface area contributed by atoms with E-state index in [4.69, 9.17) is 5.10 Å². The second kappa shape index (κ2) is 8.07. The Labute approximate surface area is 164 Å². The highest BCUT2D eigenvalue weighted by molar-refractivity contribution is 5.81. The molecule has 28 heavy (non-hydrogen) atoms. The number of aromatic nitrogens is 2. The number of hydrogen-bond acceptors (Lipinski definition) is 3. The Kier molecular flexibility index (Phi) is 4.99. The Hall–Kier alpha value is -4.10. The van der Waals surface area contributed by atoms with Crippen LogP contribution < -0.4 is 5.32 Å². The van der Waals surface area contributed by atoms with Crippen LogP contribution in [0.1, 0.15) is 5.56 Å². The molecule has 0 unspecified atom stereocenters. The number of nitriles is 1. The van der Waals surface area contributed by atoms with Gasteiger partial charge in [-0.25, -0.2) is 4.68 Å². The van der Waals surface area contributed by atoms with E-state index < -0.39 is 0 Å². The van der Waals surface area contributed by atoms with Gasteiger partial charge in [0.1, 0.15) is 6.07 Å². The van der Waals surface area contributed by atoms with E-state index in [0.29, 0.717) is 11.4 Å². The van der Waals surface area contributed by atoms with E-state index in [0.717, 1.165) is 22.4 Å². The van der Waals surface area contributed by atoms with Crippen LogP contribution in [0.5, 0.6) is 0 Å². The monoisotopic (exact) mass is 362 g/mol. The Morgan fingerprint density at radius 2 is 1.46 bits per heavy atom. The molecule has 4 aromatic rings. The average Bonchev–Trinajstić information content (AvgIpc) is 3.20. The van der Waals surface area contributed by atoms with E-state index in [1.54, 1.807) is 6.20 Å². The zero-order valence-corrected chi connectivity index (χ0v) is 15.2. The number of anilines is 1. The number of hydrogen-bond donors (Lipinski definition) is 1. The van der Waals surface area contributed by atoms with Crippen LogP contribution in [-0.2, 0) is 0 Å². The lowest BCUT2D eigenvalue weighted by Gasteiger charge is -2.03. The summed E-state index contributed by atoms with van der Waals surface area (Å²) in [6, 6.07) is 31.9. The Balaban J connectivity index is 1.74. The molecule has 0 atom stereocenters. The minimum Gasteiger partial charge on any atom is -0.343 e. The molecule has 4 rings (SSSR count). The molecule has 0 radical (unpaired) electrons. The smallest absolute Gasteiger partial charge is 0.160 e. The van der Waals surface area contributed by atoms with Gasteiger partial charge >= 0.3 is 0 Å². The zero-order chi connectivity index (χ0) is 19.2. The maximum atomic E-state index is 9.54. The van der Waals surface area contributed by atoms with Crippen molar-refractivity contribution in [1.82, 2.24) is 9.78 Å². The molecule has 4 nitrogen and oxygen atoms in total. The molecule has 0 fully saturated rings. The van der Waals surface area contributed by atoms with Crippen molar-refractivity contribution in [3.63, 3.8) is 0 Å². The van der Waals surface area contributed by atoms with Gasteiger partial charge < -0.3 is 5.32 Å². The number of nitrogens with one attached hydrogen (secondary N) is 1. The number of allylic oxidation sites excluding steroid dienone is 1. The summed E-state index contributed by atoms with van der Waals surface area (Å²) in [5.74, 6) is 0.693. The van der Waals surface area contributed by atoms with Gasteiger partial charge in [-0.2, -0.15) is 5.26 Å². The van der Waals surface area contributed by atoms with Crippen LogP contribution in [0.3, 0.4) is 0 Å². The first-order valence-corrected chi connectivity index (χ1v) is 8.98. The van der Waals surface area contributed by atoms with Crippen molar-refractivity contribution in [2.75, 3.05) is 5.32 Å². The number of para-hydroxylation sites is 1. The third-order valence-corrected chi connectivity index (χ3v) is 4.38. The van der Waals surface area contributed by atoms with Crippen molar-refractivity contribution < 1.29 is 0 Å². The summed E-state index contributed by atoms with van der Waals surface area (Å²) in [7, 11) is 0. The summed E-state index contributed by atoms with van der Waals surface area (Å²) in [5, 5.41) is 17.5. The Morgan fingerprint density at radius 3 is 2.11 bits per heavy atom. The van der Waals surface area contributed by atoms with Crippen molar-refractivity contribution >= 4 is 11.4 Å². The van der Waals surface area contributed by atoms with E-state index in [1.165, 1.54) is 0 Å². The maximum Gasteiger partial charge on any atom is 0.160 e. The molecular weight excluding hydrogens is 344 g/mol. The summed E-state index contributed by atoms with van der Waals surface area (Å²) in [6.45, 7) is 0. The van der Waals surface area contributed by atoms with Crippen molar-refractivity contribution in [3.8, 4) is 22.9 Å². The van der Waals surface area contributed by atoms with Crippen molar-refractivity contribution in [2.24, 2.45) is 0 Å². The fourth-order valence-electron chi connectivity index (χ4n) is 2.96. The summed E-state index contributed by atoms with van der Waals surface area (Å²) in [5.41, 5.74) is 4.40. The molecule has 134 valence electrons. The Morgan fingerprint density at radius 1 is 0.857 bits per heavy atom. The predicted octanol–water partition coefficient (Wildman–Crippen LogP) is 5.52. The van der Waals surface area contributed by atoms with Gasteiger partial charge in [0.25, 0.3) is 0 Å². The molecule has 4 heteroatoms. The summed E-state index contributed by atoms with van der Waals surface area (Å²) in [6.07, 6.45) is 3.70. The quantitative estimate of drug-likeness (QED) is 0.476. The highest BCUT2D eigenvalue weighted by Gasteiger charge is 2.12. The van der Waals surface area contributed by atoms with Crippen LogP contribution >= 0.6 is 0 Å². The molecule has 0 saturated carbocycles. The second-order valence-corrected chi connectivity index (χ2v) is 6.22.